The van der Waals surface area contributed by atoms with Gasteiger partial charge in [0.2, 0.25) is 0 Å². The van der Waals surface area contributed by atoms with Gasteiger partial charge in [0.1, 0.15) is 0 Å². The van der Waals surface area contributed by atoms with Gasteiger partial charge in [-0.2, -0.15) is 0 Å². The molecule has 14 heavy (non-hydrogen) atoms. The van der Waals surface area contributed by atoms with Crippen molar-refractivity contribution >= 4 is 0 Å². The molecule has 0 spiro atoms. The lowest BCUT2D eigenvalue weighted by Gasteiger charge is -2.13. The molecule has 0 saturated heterocycles. The monoisotopic (exact) mass is 191 g/mol. The Morgan fingerprint density at radius 3 is 2.50 bits per heavy atom. The smallest absolute Gasteiger partial charge is 0.00462 e. The number of hydrogen-bond acceptors (Lipinski definition) is 1. The van der Waals surface area contributed by atoms with Gasteiger partial charge in [-0.25, -0.2) is 0 Å². The van der Waals surface area contributed by atoms with Gasteiger partial charge in [-0.05, 0) is 56.5 Å². The van der Waals surface area contributed by atoms with Crippen LogP contribution in [-0.4, -0.2) is 13.6 Å². The van der Waals surface area contributed by atoms with Crippen LogP contribution in [-0.2, 0) is 0 Å². The molecule has 0 aromatic heterocycles. The summed E-state index contributed by atoms with van der Waals surface area (Å²) in [6, 6.07) is 6.79. The van der Waals surface area contributed by atoms with Crippen molar-refractivity contribution in [2.24, 2.45) is 0 Å². The Hall–Kier alpha value is -0.820. The lowest BCUT2D eigenvalue weighted by molar-refractivity contribution is 0.636. The van der Waals surface area contributed by atoms with Crippen molar-refractivity contribution in [1.82, 2.24) is 5.32 Å². The number of aryl methyl sites for hydroxylation is 2. The van der Waals surface area contributed by atoms with Crippen molar-refractivity contribution in [2.45, 2.75) is 33.1 Å². The van der Waals surface area contributed by atoms with Gasteiger partial charge < -0.3 is 5.32 Å². The molecule has 0 amide bonds. The maximum absolute atomic E-state index is 3.19. The fraction of sp³-hybridized carbons (Fsp3) is 0.538. The average molecular weight is 191 g/mol. The second kappa shape index (κ2) is 5.16. The van der Waals surface area contributed by atoms with Crippen molar-refractivity contribution in [3.8, 4) is 0 Å². The van der Waals surface area contributed by atoms with Gasteiger partial charge in [0, 0.05) is 0 Å². The Bertz CT molecular complexity index is 291. The van der Waals surface area contributed by atoms with Crippen molar-refractivity contribution < 1.29 is 0 Å². The summed E-state index contributed by atoms with van der Waals surface area (Å²) >= 11 is 0. The normalized spacial score (nSPS) is 12.9. The van der Waals surface area contributed by atoms with Crippen LogP contribution in [0.5, 0.6) is 0 Å². The highest BCUT2D eigenvalue weighted by molar-refractivity contribution is 5.31. The molecular weight excluding hydrogens is 170 g/mol. The van der Waals surface area contributed by atoms with E-state index in [1.165, 1.54) is 23.1 Å². The molecule has 0 bridgehead atoms. The van der Waals surface area contributed by atoms with Crippen LogP contribution in [0.3, 0.4) is 0 Å². The lowest BCUT2D eigenvalue weighted by atomic mass is 9.95. The highest BCUT2D eigenvalue weighted by atomic mass is 14.8. The summed E-state index contributed by atoms with van der Waals surface area (Å²) in [6.45, 7) is 7.73. The highest BCUT2D eigenvalue weighted by Gasteiger charge is 2.05. The van der Waals surface area contributed by atoms with E-state index < -0.39 is 0 Å². The molecule has 1 nitrogen and oxygen atoms in total. The molecule has 1 heteroatoms. The van der Waals surface area contributed by atoms with Crippen LogP contribution in [0.4, 0.5) is 0 Å². The molecule has 1 atom stereocenters. The topological polar surface area (TPSA) is 12.0 Å². The summed E-state index contributed by atoms with van der Waals surface area (Å²) in [7, 11) is 2.01. The van der Waals surface area contributed by atoms with E-state index in [-0.39, 0.29) is 0 Å². The largest absolute Gasteiger partial charge is 0.320 e. The van der Waals surface area contributed by atoms with Crippen LogP contribution >= 0.6 is 0 Å². The van der Waals surface area contributed by atoms with Crippen molar-refractivity contribution in [1.29, 1.82) is 0 Å². The molecule has 78 valence electrons. The van der Waals surface area contributed by atoms with Gasteiger partial charge in [-0.15, -0.1) is 0 Å². The van der Waals surface area contributed by atoms with Gasteiger partial charge in [-0.1, -0.05) is 25.1 Å². The van der Waals surface area contributed by atoms with Crippen molar-refractivity contribution in [3.63, 3.8) is 0 Å². The quantitative estimate of drug-likeness (QED) is 0.771. The van der Waals surface area contributed by atoms with E-state index >= 15 is 0 Å². The van der Waals surface area contributed by atoms with Crippen molar-refractivity contribution in [3.05, 3.63) is 34.9 Å². The van der Waals surface area contributed by atoms with Crippen LogP contribution in [0.1, 0.15) is 36.0 Å². The molecule has 1 N–H and O–H groups in total. The first kappa shape index (κ1) is 11.3. The summed E-state index contributed by atoms with van der Waals surface area (Å²) in [6.07, 6.45) is 1.21. The van der Waals surface area contributed by atoms with Gasteiger partial charge in [0.25, 0.3) is 0 Å². The van der Waals surface area contributed by atoms with E-state index in [0.29, 0.717) is 5.92 Å². The SMILES string of the molecule is CNCCC(C)c1ccc(C)c(C)c1. The summed E-state index contributed by atoms with van der Waals surface area (Å²) in [5.41, 5.74) is 4.25. The van der Waals surface area contributed by atoms with E-state index in [2.05, 4.69) is 44.3 Å². The first-order valence-electron chi connectivity index (χ1n) is 5.37. The Kier molecular flexibility index (Phi) is 4.15. The zero-order chi connectivity index (χ0) is 10.6. The zero-order valence-corrected chi connectivity index (χ0v) is 9.72. The molecule has 0 heterocycles. The predicted molar refractivity (Wildman–Crippen MR) is 62.9 cm³/mol. The number of hydrogen-bond donors (Lipinski definition) is 1. The van der Waals surface area contributed by atoms with E-state index in [9.17, 15) is 0 Å². The minimum atomic E-state index is 0.654. The first-order chi connectivity index (χ1) is 6.65. The summed E-state index contributed by atoms with van der Waals surface area (Å²) < 4.78 is 0. The maximum atomic E-state index is 3.19. The third-order valence-electron chi connectivity index (χ3n) is 2.93. The molecule has 0 fully saturated rings. The minimum absolute atomic E-state index is 0.654. The molecule has 1 aromatic carbocycles. The van der Waals surface area contributed by atoms with Crippen LogP contribution < -0.4 is 5.32 Å². The van der Waals surface area contributed by atoms with Crippen LogP contribution in [0, 0.1) is 13.8 Å². The fourth-order valence-electron chi connectivity index (χ4n) is 1.60. The number of nitrogens with one attached hydrogen (secondary N) is 1. The molecule has 0 saturated carbocycles. The van der Waals surface area contributed by atoms with E-state index in [0.717, 1.165) is 6.54 Å². The zero-order valence-electron chi connectivity index (χ0n) is 9.72. The lowest BCUT2D eigenvalue weighted by Crippen LogP contribution is -2.10. The molecule has 0 aliphatic heterocycles. The third kappa shape index (κ3) is 2.85. The highest BCUT2D eigenvalue weighted by Crippen LogP contribution is 2.20. The summed E-state index contributed by atoms with van der Waals surface area (Å²) in [5, 5.41) is 3.19. The molecule has 0 aliphatic rings. The second-order valence-corrected chi connectivity index (χ2v) is 4.14. The standard InChI is InChI=1S/C13H21N/c1-10-5-6-13(9-12(10)3)11(2)7-8-14-4/h5-6,9,11,14H,7-8H2,1-4H3. The Balaban J connectivity index is 2.70. The average Bonchev–Trinajstić information content (AvgIpc) is 2.18. The van der Waals surface area contributed by atoms with E-state index in [1.807, 2.05) is 7.05 Å². The van der Waals surface area contributed by atoms with Gasteiger partial charge >= 0.3 is 0 Å². The molecule has 0 aliphatic carbocycles. The Morgan fingerprint density at radius 1 is 1.21 bits per heavy atom. The van der Waals surface area contributed by atoms with E-state index in [4.69, 9.17) is 0 Å². The fourth-order valence-corrected chi connectivity index (χ4v) is 1.60. The van der Waals surface area contributed by atoms with Crippen LogP contribution in [0.2, 0.25) is 0 Å². The third-order valence-corrected chi connectivity index (χ3v) is 2.93. The van der Waals surface area contributed by atoms with Gasteiger partial charge in [0.05, 0.1) is 0 Å². The number of benzene rings is 1. The number of rotatable bonds is 4. The second-order valence-electron chi connectivity index (χ2n) is 4.14. The maximum Gasteiger partial charge on any atom is -0.00462 e. The van der Waals surface area contributed by atoms with Gasteiger partial charge in [-0.3, -0.25) is 0 Å². The summed E-state index contributed by atoms with van der Waals surface area (Å²) in [5.74, 6) is 0.654. The van der Waals surface area contributed by atoms with Crippen LogP contribution in [0.25, 0.3) is 0 Å². The molecule has 1 unspecified atom stereocenters. The molecule has 1 rings (SSSR count). The molecule has 1 aromatic rings. The molecule has 0 radical (unpaired) electrons. The van der Waals surface area contributed by atoms with Crippen molar-refractivity contribution in [2.75, 3.05) is 13.6 Å². The van der Waals surface area contributed by atoms with Crippen LogP contribution in [0.15, 0.2) is 18.2 Å². The summed E-state index contributed by atoms with van der Waals surface area (Å²) in [4.78, 5) is 0. The van der Waals surface area contributed by atoms with E-state index in [1.54, 1.807) is 0 Å². The molecular formula is C13H21N. The predicted octanol–water partition coefficient (Wildman–Crippen LogP) is 3.02. The van der Waals surface area contributed by atoms with Gasteiger partial charge in [0.15, 0.2) is 0 Å². The Morgan fingerprint density at radius 2 is 1.93 bits per heavy atom. The first-order valence-corrected chi connectivity index (χ1v) is 5.37. The Labute approximate surface area is 87.5 Å². The minimum Gasteiger partial charge on any atom is -0.320 e.